The molecule has 0 bridgehead atoms. The van der Waals surface area contributed by atoms with E-state index in [-0.39, 0.29) is 12.5 Å². The number of carbonyl (C=O) groups is 1. The van der Waals surface area contributed by atoms with Gasteiger partial charge < -0.3 is 14.8 Å². The monoisotopic (exact) mass is 392 g/mol. The summed E-state index contributed by atoms with van der Waals surface area (Å²) >= 11 is 4.68. The van der Waals surface area contributed by atoms with E-state index >= 15 is 0 Å². The summed E-state index contributed by atoms with van der Waals surface area (Å²) in [4.78, 5) is 16.9. The minimum atomic E-state index is -1.41. The molecule has 7 heteroatoms. The van der Waals surface area contributed by atoms with E-state index < -0.39 is 5.60 Å². The second-order valence-corrected chi connectivity index (χ2v) is 6.75. The van der Waals surface area contributed by atoms with Crippen molar-refractivity contribution in [1.29, 1.82) is 0 Å². The van der Waals surface area contributed by atoms with Crippen LogP contribution in [0.15, 0.2) is 63.3 Å². The van der Waals surface area contributed by atoms with E-state index in [0.29, 0.717) is 20.7 Å². The fourth-order valence-electron chi connectivity index (χ4n) is 2.17. The summed E-state index contributed by atoms with van der Waals surface area (Å²) in [5.74, 6) is 0.0629. The van der Waals surface area contributed by atoms with Crippen LogP contribution in [-0.4, -0.2) is 22.5 Å². The lowest BCUT2D eigenvalue weighted by Gasteiger charge is -2.25. The van der Waals surface area contributed by atoms with Gasteiger partial charge in [0.1, 0.15) is 5.76 Å². The highest BCUT2D eigenvalue weighted by Gasteiger charge is 2.36. The van der Waals surface area contributed by atoms with Crippen LogP contribution in [0.3, 0.4) is 0 Å². The first kappa shape index (κ1) is 15.9. The number of rotatable bonds is 5. The van der Waals surface area contributed by atoms with Crippen molar-refractivity contribution in [2.45, 2.75) is 5.60 Å². The van der Waals surface area contributed by atoms with E-state index in [1.807, 2.05) is 11.4 Å². The number of nitrogens with one attached hydrogen (secondary N) is 1. The van der Waals surface area contributed by atoms with E-state index in [0.717, 1.165) is 0 Å². The fourth-order valence-corrected chi connectivity index (χ4v) is 3.36. The van der Waals surface area contributed by atoms with Crippen molar-refractivity contribution in [3.63, 3.8) is 0 Å². The minimum Gasteiger partial charge on any atom is -0.466 e. The summed E-state index contributed by atoms with van der Waals surface area (Å²) in [5.41, 5.74) is -1.00. The highest BCUT2D eigenvalue weighted by atomic mass is 79.9. The Kier molecular flexibility index (Phi) is 4.61. The number of amides is 1. The van der Waals surface area contributed by atoms with Gasteiger partial charge in [0.15, 0.2) is 5.60 Å². The van der Waals surface area contributed by atoms with Crippen molar-refractivity contribution in [2.75, 3.05) is 6.54 Å². The molecule has 23 heavy (non-hydrogen) atoms. The third kappa shape index (κ3) is 3.36. The Hall–Kier alpha value is -1.96. The Labute approximate surface area is 145 Å². The van der Waals surface area contributed by atoms with E-state index in [1.54, 1.807) is 30.5 Å². The minimum absolute atomic E-state index is 0.00757. The Bertz CT molecular complexity index is 753. The summed E-state index contributed by atoms with van der Waals surface area (Å²) in [6, 6.07) is 8.70. The van der Waals surface area contributed by atoms with E-state index in [1.165, 1.54) is 23.8 Å². The standard InChI is InChI=1S/C16H13BrN2O3S/c17-12-7-11(8-18-9-12)15(20)19-10-16(21,13-3-1-5-22-13)14-4-2-6-23-14/h1-9,21H,10H2,(H,19,20)/t16-/m0/s1. The molecule has 1 atom stereocenters. The highest BCUT2D eigenvalue weighted by Crippen LogP contribution is 2.32. The predicted molar refractivity (Wildman–Crippen MR) is 90.3 cm³/mol. The molecule has 0 aromatic carbocycles. The van der Waals surface area contributed by atoms with Gasteiger partial charge in [0.05, 0.1) is 18.4 Å². The van der Waals surface area contributed by atoms with Gasteiger partial charge in [0, 0.05) is 21.7 Å². The number of nitrogens with zero attached hydrogens (tertiary/aromatic N) is 1. The number of hydrogen-bond donors (Lipinski definition) is 2. The van der Waals surface area contributed by atoms with Crippen LogP contribution in [0.2, 0.25) is 0 Å². The average molecular weight is 393 g/mol. The van der Waals surface area contributed by atoms with Crippen LogP contribution in [0.25, 0.3) is 0 Å². The maximum Gasteiger partial charge on any atom is 0.253 e. The molecule has 1 amide bonds. The first-order chi connectivity index (χ1) is 11.1. The van der Waals surface area contributed by atoms with Crippen LogP contribution < -0.4 is 5.32 Å². The zero-order chi connectivity index (χ0) is 16.3. The molecule has 0 aliphatic carbocycles. The molecule has 3 aromatic heterocycles. The van der Waals surface area contributed by atoms with E-state index in [9.17, 15) is 9.90 Å². The van der Waals surface area contributed by atoms with Crippen molar-refractivity contribution >= 4 is 33.2 Å². The van der Waals surface area contributed by atoms with E-state index in [4.69, 9.17) is 4.42 Å². The second-order valence-electron chi connectivity index (χ2n) is 4.89. The fraction of sp³-hybridized carbons (Fsp3) is 0.125. The van der Waals surface area contributed by atoms with Gasteiger partial charge in [0.2, 0.25) is 0 Å². The quantitative estimate of drug-likeness (QED) is 0.698. The normalized spacial score (nSPS) is 13.5. The number of halogens is 1. The number of aromatic nitrogens is 1. The van der Waals surface area contributed by atoms with Gasteiger partial charge in [-0.05, 0) is 45.6 Å². The first-order valence-electron chi connectivity index (χ1n) is 6.79. The molecule has 0 fully saturated rings. The maximum atomic E-state index is 12.3. The van der Waals surface area contributed by atoms with Gasteiger partial charge in [-0.3, -0.25) is 9.78 Å². The summed E-state index contributed by atoms with van der Waals surface area (Å²) in [7, 11) is 0. The lowest BCUT2D eigenvalue weighted by molar-refractivity contribution is 0.0554. The predicted octanol–water partition coefficient (Wildman–Crippen LogP) is 3.16. The molecule has 2 N–H and O–H groups in total. The molecule has 0 spiro atoms. The third-order valence-corrected chi connectivity index (χ3v) is 4.78. The number of hydrogen-bond acceptors (Lipinski definition) is 5. The van der Waals surface area contributed by atoms with Gasteiger partial charge in [0.25, 0.3) is 5.91 Å². The summed E-state index contributed by atoms with van der Waals surface area (Å²) in [6.07, 6.45) is 4.56. The van der Waals surface area contributed by atoms with Crippen LogP contribution in [0, 0.1) is 0 Å². The molecule has 0 saturated heterocycles. The average Bonchev–Trinajstić information content (AvgIpc) is 3.25. The van der Waals surface area contributed by atoms with Gasteiger partial charge in [-0.2, -0.15) is 0 Å². The number of furan rings is 1. The molecule has 3 rings (SSSR count). The topological polar surface area (TPSA) is 75.4 Å². The Morgan fingerprint density at radius 1 is 1.39 bits per heavy atom. The number of pyridine rings is 1. The van der Waals surface area contributed by atoms with Crippen LogP contribution in [0.1, 0.15) is 21.0 Å². The molecule has 3 heterocycles. The molecule has 5 nitrogen and oxygen atoms in total. The van der Waals surface area contributed by atoms with Crippen LogP contribution in [-0.2, 0) is 5.60 Å². The largest absolute Gasteiger partial charge is 0.466 e. The Morgan fingerprint density at radius 3 is 2.91 bits per heavy atom. The van der Waals surface area contributed by atoms with Gasteiger partial charge in [-0.1, -0.05) is 6.07 Å². The lowest BCUT2D eigenvalue weighted by atomic mass is 9.98. The lowest BCUT2D eigenvalue weighted by Crippen LogP contribution is -2.41. The molecule has 0 aliphatic rings. The zero-order valence-electron chi connectivity index (χ0n) is 11.9. The summed E-state index contributed by atoms with van der Waals surface area (Å²) < 4.78 is 6.08. The van der Waals surface area contributed by atoms with Gasteiger partial charge in [-0.25, -0.2) is 0 Å². The van der Waals surface area contributed by atoms with Crippen molar-refractivity contribution in [2.24, 2.45) is 0 Å². The number of thiophene rings is 1. The first-order valence-corrected chi connectivity index (χ1v) is 8.46. The highest BCUT2D eigenvalue weighted by molar-refractivity contribution is 9.10. The van der Waals surface area contributed by atoms with Gasteiger partial charge in [-0.15, -0.1) is 11.3 Å². The van der Waals surface area contributed by atoms with E-state index in [2.05, 4.69) is 26.2 Å². The molecular weight excluding hydrogens is 380 g/mol. The smallest absolute Gasteiger partial charge is 0.253 e. The maximum absolute atomic E-state index is 12.3. The third-order valence-electron chi connectivity index (χ3n) is 3.33. The zero-order valence-corrected chi connectivity index (χ0v) is 14.3. The second kappa shape index (κ2) is 6.66. The number of carbonyl (C=O) groups excluding carboxylic acids is 1. The molecular formula is C16H13BrN2O3S. The van der Waals surface area contributed by atoms with Crippen LogP contribution in [0.5, 0.6) is 0 Å². The van der Waals surface area contributed by atoms with Crippen molar-refractivity contribution in [1.82, 2.24) is 10.3 Å². The van der Waals surface area contributed by atoms with Crippen LogP contribution in [0.4, 0.5) is 0 Å². The summed E-state index contributed by atoms with van der Waals surface area (Å²) in [6.45, 7) is -0.00757. The molecule has 0 unspecified atom stereocenters. The molecule has 0 radical (unpaired) electrons. The SMILES string of the molecule is O=C(NC[C@](O)(c1ccco1)c1cccs1)c1cncc(Br)c1. The molecule has 0 saturated carbocycles. The van der Waals surface area contributed by atoms with Crippen LogP contribution >= 0.6 is 27.3 Å². The number of aliphatic hydroxyl groups is 1. The molecule has 3 aromatic rings. The summed E-state index contributed by atoms with van der Waals surface area (Å²) in [5, 5.41) is 15.7. The Morgan fingerprint density at radius 2 is 2.26 bits per heavy atom. The Balaban J connectivity index is 1.82. The molecule has 0 aliphatic heterocycles. The van der Waals surface area contributed by atoms with Crippen molar-refractivity contribution < 1.29 is 14.3 Å². The van der Waals surface area contributed by atoms with Crippen molar-refractivity contribution in [3.8, 4) is 0 Å². The molecule has 118 valence electrons. The van der Waals surface area contributed by atoms with Crippen molar-refractivity contribution in [3.05, 3.63) is 75.0 Å². The van der Waals surface area contributed by atoms with Gasteiger partial charge >= 0.3 is 0 Å².